The fraction of sp³-hybridized carbons (Fsp3) is 0.455. The highest BCUT2D eigenvalue weighted by atomic mass is 19.1. The normalized spacial score (nSPS) is 16.7. The number of halogens is 1. The fourth-order valence-corrected chi connectivity index (χ4v) is 1.73. The van der Waals surface area contributed by atoms with E-state index in [1.807, 2.05) is 0 Å². The van der Waals surface area contributed by atoms with Crippen LogP contribution in [0.15, 0.2) is 12.1 Å². The summed E-state index contributed by atoms with van der Waals surface area (Å²) >= 11 is 0. The average molecular weight is 212 g/mol. The molecule has 15 heavy (non-hydrogen) atoms. The molecule has 82 valence electrons. The van der Waals surface area contributed by atoms with E-state index in [1.165, 1.54) is 12.1 Å². The second kappa shape index (κ2) is 4.16. The molecule has 1 atom stereocenters. The molecule has 1 N–H and O–H groups in total. The number of hydrogen-bond donors (Lipinski definition) is 1. The van der Waals surface area contributed by atoms with Gasteiger partial charge in [-0.05, 0) is 19.1 Å². The molecule has 1 aromatic rings. The van der Waals surface area contributed by atoms with Crippen LogP contribution >= 0.6 is 0 Å². The monoisotopic (exact) mass is 212 g/mol. The zero-order chi connectivity index (χ0) is 10.8. The van der Waals surface area contributed by atoms with Crippen molar-refractivity contribution in [1.29, 1.82) is 0 Å². The van der Waals surface area contributed by atoms with Gasteiger partial charge in [0, 0.05) is 17.5 Å². The number of hydrogen-bond acceptors (Lipinski definition) is 3. The molecule has 0 amide bonds. The van der Waals surface area contributed by atoms with E-state index in [0.29, 0.717) is 29.9 Å². The summed E-state index contributed by atoms with van der Waals surface area (Å²) in [6.45, 7) is 2.21. The number of fused-ring (bicyclic) bond motifs is 1. The Morgan fingerprint density at radius 3 is 3.07 bits per heavy atom. The molecule has 2 rings (SSSR count). The molecule has 4 heteroatoms. The second-order valence-corrected chi connectivity index (χ2v) is 3.72. The van der Waals surface area contributed by atoms with Crippen LogP contribution in [-0.2, 0) is 17.8 Å². The molecule has 0 fully saturated rings. The van der Waals surface area contributed by atoms with Gasteiger partial charge in [0.15, 0.2) is 6.79 Å². The van der Waals surface area contributed by atoms with Crippen molar-refractivity contribution in [1.82, 2.24) is 0 Å². The SMILES string of the molecule is CC(O)Cc1cc(F)cc2c1OCOC2. The average Bonchev–Trinajstić information content (AvgIpc) is 2.16. The summed E-state index contributed by atoms with van der Waals surface area (Å²) in [5.41, 5.74) is 1.40. The molecule has 1 aliphatic rings. The van der Waals surface area contributed by atoms with Crippen LogP contribution in [0.1, 0.15) is 18.1 Å². The van der Waals surface area contributed by atoms with Crippen LogP contribution in [0.3, 0.4) is 0 Å². The highest BCUT2D eigenvalue weighted by molar-refractivity contribution is 5.42. The van der Waals surface area contributed by atoms with Gasteiger partial charge in [0.25, 0.3) is 0 Å². The lowest BCUT2D eigenvalue weighted by molar-refractivity contribution is -0.0175. The van der Waals surface area contributed by atoms with Crippen LogP contribution in [0.5, 0.6) is 5.75 Å². The molecule has 0 aromatic heterocycles. The fourth-order valence-electron chi connectivity index (χ4n) is 1.73. The lowest BCUT2D eigenvalue weighted by atomic mass is 10.0. The first kappa shape index (κ1) is 10.4. The highest BCUT2D eigenvalue weighted by Crippen LogP contribution is 2.30. The topological polar surface area (TPSA) is 38.7 Å². The highest BCUT2D eigenvalue weighted by Gasteiger charge is 2.17. The molecule has 0 saturated heterocycles. The predicted molar refractivity (Wildman–Crippen MR) is 52.1 cm³/mol. The summed E-state index contributed by atoms with van der Waals surface area (Å²) in [7, 11) is 0. The Morgan fingerprint density at radius 2 is 2.33 bits per heavy atom. The lowest BCUT2D eigenvalue weighted by Gasteiger charge is -2.21. The minimum Gasteiger partial charge on any atom is -0.467 e. The van der Waals surface area contributed by atoms with E-state index in [9.17, 15) is 9.50 Å². The van der Waals surface area contributed by atoms with Gasteiger partial charge >= 0.3 is 0 Å². The first-order valence-electron chi connectivity index (χ1n) is 4.86. The zero-order valence-corrected chi connectivity index (χ0v) is 8.50. The Kier molecular flexibility index (Phi) is 2.88. The van der Waals surface area contributed by atoms with Gasteiger partial charge in [-0.3, -0.25) is 0 Å². The van der Waals surface area contributed by atoms with Gasteiger partial charge in [0.1, 0.15) is 11.6 Å². The molecule has 0 spiro atoms. The first-order chi connectivity index (χ1) is 7.16. The summed E-state index contributed by atoms with van der Waals surface area (Å²) in [6.07, 6.45) is -0.123. The summed E-state index contributed by atoms with van der Waals surface area (Å²) in [4.78, 5) is 0. The summed E-state index contributed by atoms with van der Waals surface area (Å²) in [5, 5.41) is 9.29. The van der Waals surface area contributed by atoms with Gasteiger partial charge < -0.3 is 14.6 Å². The predicted octanol–water partition coefficient (Wildman–Crippen LogP) is 1.62. The number of benzene rings is 1. The zero-order valence-electron chi connectivity index (χ0n) is 8.50. The summed E-state index contributed by atoms with van der Waals surface area (Å²) in [6, 6.07) is 2.80. The smallest absolute Gasteiger partial charge is 0.189 e. The molecule has 1 unspecified atom stereocenters. The van der Waals surface area contributed by atoms with Gasteiger partial charge in [-0.15, -0.1) is 0 Å². The molecule has 1 heterocycles. The quantitative estimate of drug-likeness (QED) is 0.809. The summed E-state index contributed by atoms with van der Waals surface area (Å²) in [5.74, 6) is 0.335. The van der Waals surface area contributed by atoms with Gasteiger partial charge in [0.2, 0.25) is 0 Å². The van der Waals surface area contributed by atoms with Crippen molar-refractivity contribution < 1.29 is 19.0 Å². The maximum Gasteiger partial charge on any atom is 0.189 e. The second-order valence-electron chi connectivity index (χ2n) is 3.72. The minimum atomic E-state index is -0.512. The third kappa shape index (κ3) is 2.27. The number of rotatable bonds is 2. The molecular weight excluding hydrogens is 199 g/mol. The van der Waals surface area contributed by atoms with Gasteiger partial charge in [-0.2, -0.15) is 0 Å². The van der Waals surface area contributed by atoms with Crippen LogP contribution in [0.25, 0.3) is 0 Å². The van der Waals surface area contributed by atoms with E-state index in [2.05, 4.69) is 0 Å². The largest absolute Gasteiger partial charge is 0.467 e. The Bertz CT molecular complexity index is 363. The Labute approximate surface area is 87.4 Å². The third-order valence-electron chi connectivity index (χ3n) is 2.27. The van der Waals surface area contributed by atoms with E-state index >= 15 is 0 Å². The first-order valence-corrected chi connectivity index (χ1v) is 4.86. The Morgan fingerprint density at radius 1 is 1.53 bits per heavy atom. The van der Waals surface area contributed by atoms with Crippen molar-refractivity contribution in [3.63, 3.8) is 0 Å². The van der Waals surface area contributed by atoms with Crippen molar-refractivity contribution in [2.45, 2.75) is 26.1 Å². The van der Waals surface area contributed by atoms with E-state index in [1.54, 1.807) is 6.92 Å². The minimum absolute atomic E-state index is 0.186. The maximum absolute atomic E-state index is 13.2. The molecule has 1 aliphatic heterocycles. The molecule has 0 radical (unpaired) electrons. The number of aliphatic hydroxyl groups excluding tert-OH is 1. The lowest BCUT2D eigenvalue weighted by Crippen LogP contribution is -2.15. The van der Waals surface area contributed by atoms with Crippen molar-refractivity contribution in [2.75, 3.05) is 6.79 Å². The Hall–Kier alpha value is -1.13. The third-order valence-corrected chi connectivity index (χ3v) is 2.27. The van der Waals surface area contributed by atoms with Gasteiger partial charge in [0.05, 0.1) is 12.7 Å². The van der Waals surface area contributed by atoms with E-state index in [0.717, 1.165) is 0 Å². The van der Waals surface area contributed by atoms with Gasteiger partial charge in [-0.25, -0.2) is 4.39 Å². The van der Waals surface area contributed by atoms with Crippen LogP contribution in [-0.4, -0.2) is 18.0 Å². The van der Waals surface area contributed by atoms with E-state index < -0.39 is 6.10 Å². The van der Waals surface area contributed by atoms with Crippen LogP contribution in [0.4, 0.5) is 4.39 Å². The van der Waals surface area contributed by atoms with Crippen molar-refractivity contribution in [2.24, 2.45) is 0 Å². The molecule has 0 saturated carbocycles. The van der Waals surface area contributed by atoms with Crippen molar-refractivity contribution in [3.05, 3.63) is 29.1 Å². The van der Waals surface area contributed by atoms with Crippen LogP contribution < -0.4 is 4.74 Å². The van der Waals surface area contributed by atoms with Crippen LogP contribution in [0, 0.1) is 5.82 Å². The van der Waals surface area contributed by atoms with Crippen molar-refractivity contribution >= 4 is 0 Å². The van der Waals surface area contributed by atoms with Crippen molar-refractivity contribution in [3.8, 4) is 5.75 Å². The molecule has 1 aromatic carbocycles. The summed E-state index contributed by atoms with van der Waals surface area (Å²) < 4.78 is 23.6. The molecular formula is C11H13FO3. The standard InChI is InChI=1S/C11H13FO3/c1-7(13)2-8-3-10(12)4-9-5-14-6-15-11(8)9/h3-4,7,13H,2,5-6H2,1H3. The molecule has 0 bridgehead atoms. The number of ether oxygens (including phenoxy) is 2. The molecule has 3 nitrogen and oxygen atoms in total. The van der Waals surface area contributed by atoms with Gasteiger partial charge in [-0.1, -0.05) is 0 Å². The van der Waals surface area contributed by atoms with E-state index in [-0.39, 0.29) is 12.6 Å². The number of aliphatic hydroxyl groups is 1. The molecule has 0 aliphatic carbocycles. The van der Waals surface area contributed by atoms with E-state index in [4.69, 9.17) is 9.47 Å². The Balaban J connectivity index is 2.38. The van der Waals surface area contributed by atoms with Crippen LogP contribution in [0.2, 0.25) is 0 Å². The maximum atomic E-state index is 13.2.